The second-order valence-corrected chi connectivity index (χ2v) is 7.88. The van der Waals surface area contributed by atoms with Crippen LogP contribution in [0.3, 0.4) is 0 Å². The molecule has 2 aliphatic rings. The SMILES string of the molecule is O=C1N(c2ccc(-c3cn[nH]c3)cc2)CC2(CCOCC2)N1Cc1c(F)c#ccc1F. The summed E-state index contributed by atoms with van der Waals surface area (Å²) >= 11 is 0. The Kier molecular flexibility index (Phi) is 4.83. The van der Waals surface area contributed by atoms with Crippen LogP contribution in [0.25, 0.3) is 11.1 Å². The molecule has 0 unspecified atom stereocenters. The van der Waals surface area contributed by atoms with Gasteiger partial charge in [0.15, 0.2) is 5.82 Å². The van der Waals surface area contributed by atoms with Crippen molar-refractivity contribution < 1.29 is 18.3 Å². The van der Waals surface area contributed by atoms with Crippen molar-refractivity contribution in [3.05, 3.63) is 72.1 Å². The number of benzene rings is 1. The number of anilines is 1. The van der Waals surface area contributed by atoms with Gasteiger partial charge in [-0.15, -0.1) is 0 Å². The van der Waals surface area contributed by atoms with Gasteiger partial charge in [-0.2, -0.15) is 9.49 Å². The molecule has 2 aliphatic heterocycles. The topological polar surface area (TPSA) is 61.5 Å². The molecule has 2 saturated heterocycles. The number of nitrogens with zero attached hydrogens (tertiary/aromatic N) is 3. The van der Waals surface area contributed by atoms with E-state index in [1.54, 1.807) is 22.2 Å². The largest absolute Gasteiger partial charge is 0.381 e. The zero-order chi connectivity index (χ0) is 21.4. The van der Waals surface area contributed by atoms with Crippen molar-refractivity contribution in [3.8, 4) is 11.1 Å². The highest BCUT2D eigenvalue weighted by atomic mass is 19.1. The fourth-order valence-electron chi connectivity index (χ4n) is 4.39. The fraction of sp³-hybridized carbons (Fsp3) is 0.304. The van der Waals surface area contributed by atoms with Gasteiger partial charge in [-0.25, -0.2) is 9.18 Å². The Labute approximate surface area is 178 Å². The second-order valence-electron chi connectivity index (χ2n) is 7.88. The van der Waals surface area contributed by atoms with Gasteiger partial charge in [-0.3, -0.25) is 10.00 Å². The zero-order valence-corrected chi connectivity index (χ0v) is 16.7. The van der Waals surface area contributed by atoms with Crippen LogP contribution in [0.1, 0.15) is 18.4 Å². The van der Waals surface area contributed by atoms with Crippen LogP contribution < -0.4 is 4.90 Å². The molecule has 0 aliphatic carbocycles. The van der Waals surface area contributed by atoms with Crippen LogP contribution in [-0.2, 0) is 11.3 Å². The number of H-pyrrole nitrogens is 1. The van der Waals surface area contributed by atoms with E-state index in [4.69, 9.17) is 4.74 Å². The fourth-order valence-corrected chi connectivity index (χ4v) is 4.39. The Hall–Kier alpha value is -3.44. The van der Waals surface area contributed by atoms with Gasteiger partial charge in [0.1, 0.15) is 5.82 Å². The Balaban J connectivity index is 1.47. The van der Waals surface area contributed by atoms with Crippen molar-refractivity contribution in [1.29, 1.82) is 0 Å². The van der Waals surface area contributed by atoms with E-state index >= 15 is 0 Å². The normalized spacial score (nSPS) is 17.9. The van der Waals surface area contributed by atoms with Crippen molar-refractivity contribution >= 4 is 11.7 Å². The van der Waals surface area contributed by atoms with E-state index in [-0.39, 0.29) is 18.1 Å². The molecule has 6 nitrogen and oxygen atoms in total. The van der Waals surface area contributed by atoms with Gasteiger partial charge >= 0.3 is 6.03 Å². The first-order valence-electron chi connectivity index (χ1n) is 10.1. The summed E-state index contributed by atoms with van der Waals surface area (Å²) in [5.74, 6) is -1.55. The lowest BCUT2D eigenvalue weighted by atomic mass is 9.89. The van der Waals surface area contributed by atoms with Gasteiger partial charge in [-0.1, -0.05) is 18.2 Å². The van der Waals surface area contributed by atoms with Crippen LogP contribution in [0.5, 0.6) is 0 Å². The molecular weight excluding hydrogens is 402 g/mol. The Morgan fingerprint density at radius 1 is 1.16 bits per heavy atom. The smallest absolute Gasteiger partial charge is 0.325 e. The number of nitrogens with one attached hydrogen (secondary N) is 1. The third kappa shape index (κ3) is 3.41. The van der Waals surface area contributed by atoms with Crippen LogP contribution in [0.2, 0.25) is 0 Å². The van der Waals surface area contributed by atoms with Gasteiger partial charge in [0.2, 0.25) is 0 Å². The van der Waals surface area contributed by atoms with E-state index in [0.717, 1.165) is 22.9 Å². The Morgan fingerprint density at radius 2 is 1.94 bits per heavy atom. The van der Waals surface area contributed by atoms with Crippen molar-refractivity contribution in [2.24, 2.45) is 0 Å². The summed E-state index contributed by atoms with van der Waals surface area (Å²) in [5, 5.41) is 6.74. The van der Waals surface area contributed by atoms with E-state index < -0.39 is 17.2 Å². The molecule has 1 spiro atoms. The molecule has 1 N–H and O–H groups in total. The van der Waals surface area contributed by atoms with E-state index in [2.05, 4.69) is 22.3 Å². The lowest BCUT2D eigenvalue weighted by Gasteiger charge is -2.39. The predicted molar refractivity (Wildman–Crippen MR) is 109 cm³/mol. The minimum absolute atomic E-state index is 0.161. The average molecular weight is 422 g/mol. The third-order valence-corrected chi connectivity index (χ3v) is 6.17. The summed E-state index contributed by atoms with van der Waals surface area (Å²) in [6, 6.07) is 13.0. The zero-order valence-electron chi connectivity index (χ0n) is 16.7. The van der Waals surface area contributed by atoms with Gasteiger partial charge in [0.05, 0.1) is 30.4 Å². The maximum Gasteiger partial charge on any atom is 0.325 e. The van der Waals surface area contributed by atoms with Gasteiger partial charge in [0, 0.05) is 36.7 Å². The summed E-state index contributed by atoms with van der Waals surface area (Å²) in [5.41, 5.74) is 1.94. The summed E-state index contributed by atoms with van der Waals surface area (Å²) < 4.78 is 34.1. The highest BCUT2D eigenvalue weighted by Crippen LogP contribution is 2.39. The number of aromatic amines is 1. The van der Waals surface area contributed by atoms with E-state index in [1.165, 1.54) is 0 Å². The maximum atomic E-state index is 14.3. The summed E-state index contributed by atoms with van der Waals surface area (Å²) in [6.07, 6.45) is 4.74. The number of carbonyl (C=O) groups excluding carboxylic acids is 1. The van der Waals surface area contributed by atoms with Crippen LogP contribution in [0, 0.1) is 23.8 Å². The lowest BCUT2D eigenvalue weighted by Crippen LogP contribution is -2.50. The van der Waals surface area contributed by atoms with Crippen molar-refractivity contribution in [2.45, 2.75) is 24.9 Å². The minimum atomic E-state index is -0.821. The number of rotatable bonds is 4. The summed E-state index contributed by atoms with van der Waals surface area (Å²) in [7, 11) is 0. The first-order valence-corrected chi connectivity index (χ1v) is 10.1. The number of aromatic nitrogens is 2. The van der Waals surface area contributed by atoms with E-state index in [0.29, 0.717) is 32.6 Å². The highest BCUT2D eigenvalue weighted by Gasteiger charge is 2.51. The summed E-state index contributed by atoms with van der Waals surface area (Å²) in [4.78, 5) is 16.7. The quantitative estimate of drug-likeness (QED) is 0.693. The number of carbonyl (C=O) groups is 1. The first kappa shape index (κ1) is 19.5. The standard InChI is InChI=1S/C23H20F2N4O2/c24-20-2-1-3-21(25)19(20)14-29-22(30)28(15-23(29)8-10-31-11-9-23)18-6-4-16(5-7-18)17-12-26-27-13-17/h2,4-7,12-13H,8-11,14-15H2,(H,26,27). The molecule has 1 aromatic heterocycles. The lowest BCUT2D eigenvalue weighted by molar-refractivity contribution is 0.00558. The molecule has 2 aromatic carbocycles. The molecular formula is C23H20F2N4O2. The molecule has 158 valence electrons. The Morgan fingerprint density at radius 3 is 2.61 bits per heavy atom. The molecule has 2 fully saturated rings. The molecule has 5 rings (SSSR count). The number of hydrogen-bond acceptors (Lipinski definition) is 3. The molecule has 31 heavy (non-hydrogen) atoms. The average Bonchev–Trinajstić information content (AvgIpc) is 3.40. The first-order chi connectivity index (χ1) is 15.1. The number of halogens is 2. The van der Waals surface area contributed by atoms with Gasteiger partial charge < -0.3 is 9.64 Å². The van der Waals surface area contributed by atoms with Crippen LogP contribution in [0.15, 0.2) is 42.7 Å². The predicted octanol–water partition coefficient (Wildman–Crippen LogP) is 3.95. The molecule has 0 saturated carbocycles. The monoisotopic (exact) mass is 422 g/mol. The number of hydrogen-bond donors (Lipinski definition) is 1. The molecule has 0 bridgehead atoms. The molecule has 3 aromatic rings. The van der Waals surface area contributed by atoms with E-state index in [9.17, 15) is 13.6 Å². The van der Waals surface area contributed by atoms with Crippen LogP contribution >= 0.6 is 0 Å². The minimum Gasteiger partial charge on any atom is -0.381 e. The number of urea groups is 1. The van der Waals surface area contributed by atoms with E-state index in [1.807, 2.05) is 24.3 Å². The van der Waals surface area contributed by atoms with Crippen molar-refractivity contribution in [1.82, 2.24) is 15.1 Å². The van der Waals surface area contributed by atoms with Gasteiger partial charge in [-0.05, 0) is 36.6 Å². The highest BCUT2D eigenvalue weighted by molar-refractivity contribution is 5.95. The third-order valence-electron chi connectivity index (χ3n) is 6.17. The van der Waals surface area contributed by atoms with Gasteiger partial charge in [0.25, 0.3) is 0 Å². The number of ether oxygens (including phenoxy) is 1. The van der Waals surface area contributed by atoms with Crippen LogP contribution in [0.4, 0.5) is 19.3 Å². The molecule has 2 amide bonds. The van der Waals surface area contributed by atoms with Crippen molar-refractivity contribution in [2.75, 3.05) is 24.7 Å². The summed E-state index contributed by atoms with van der Waals surface area (Å²) in [6.45, 7) is 1.27. The molecule has 0 atom stereocenters. The second kappa shape index (κ2) is 7.67. The Bertz CT molecular complexity index is 1060. The molecule has 3 heterocycles. The van der Waals surface area contributed by atoms with Crippen LogP contribution in [-0.4, -0.2) is 46.4 Å². The maximum absolute atomic E-state index is 14.3. The number of amides is 2. The molecule has 0 radical (unpaired) electrons. The van der Waals surface area contributed by atoms with Crippen molar-refractivity contribution in [3.63, 3.8) is 0 Å². The molecule has 8 heteroatoms.